The molecule has 3 rings (SSSR count). The molecule has 0 aliphatic heterocycles. The number of rotatable bonds is 4. The van der Waals surface area contributed by atoms with Crippen LogP contribution in [0, 0.1) is 3.57 Å². The Bertz CT molecular complexity index is 496. The Kier molecular flexibility index (Phi) is 3.00. The topological polar surface area (TPSA) is 42.2 Å². The van der Waals surface area contributed by atoms with Gasteiger partial charge in [-0.2, -0.15) is 0 Å². The molecule has 5 heteroatoms. The van der Waals surface area contributed by atoms with Crippen molar-refractivity contribution in [2.24, 2.45) is 0 Å². The summed E-state index contributed by atoms with van der Waals surface area (Å²) in [7, 11) is 0. The van der Waals surface area contributed by atoms with E-state index in [2.05, 4.69) is 37.5 Å². The highest BCUT2D eigenvalue weighted by Gasteiger charge is 2.31. The maximum atomic E-state index is 5.42. The van der Waals surface area contributed by atoms with Gasteiger partial charge in [0.15, 0.2) is 0 Å². The Morgan fingerprint density at radius 1 is 1.47 bits per heavy atom. The second-order valence-electron chi connectivity index (χ2n) is 4.13. The van der Waals surface area contributed by atoms with Gasteiger partial charge in [-0.15, -0.1) is 0 Å². The van der Waals surface area contributed by atoms with Crippen molar-refractivity contribution in [3.63, 3.8) is 0 Å². The van der Waals surface area contributed by atoms with E-state index in [1.807, 2.05) is 18.3 Å². The van der Waals surface area contributed by atoms with Crippen LogP contribution in [-0.4, -0.2) is 16.0 Å². The van der Waals surface area contributed by atoms with Crippen molar-refractivity contribution in [2.75, 3.05) is 4.90 Å². The highest BCUT2D eigenvalue weighted by Crippen LogP contribution is 2.33. The van der Waals surface area contributed by atoms with E-state index in [9.17, 15) is 0 Å². The molecule has 17 heavy (non-hydrogen) atoms. The van der Waals surface area contributed by atoms with E-state index in [-0.39, 0.29) is 0 Å². The van der Waals surface area contributed by atoms with E-state index in [4.69, 9.17) is 4.42 Å². The quantitative estimate of drug-likeness (QED) is 0.802. The third kappa shape index (κ3) is 2.43. The number of nitrogens with zero attached hydrogens (tertiary/aromatic N) is 3. The Morgan fingerprint density at radius 3 is 3.00 bits per heavy atom. The molecule has 2 heterocycles. The molecule has 0 unspecified atom stereocenters. The first kappa shape index (κ1) is 11.0. The number of anilines is 1. The summed E-state index contributed by atoms with van der Waals surface area (Å²) in [6, 6.07) is 4.53. The summed E-state index contributed by atoms with van der Waals surface area (Å²) >= 11 is 2.28. The van der Waals surface area contributed by atoms with Gasteiger partial charge in [0.1, 0.15) is 17.9 Å². The van der Waals surface area contributed by atoms with Gasteiger partial charge in [0.25, 0.3) is 0 Å². The molecular weight excluding hydrogens is 329 g/mol. The van der Waals surface area contributed by atoms with E-state index >= 15 is 0 Å². The number of aromatic nitrogens is 2. The van der Waals surface area contributed by atoms with Crippen molar-refractivity contribution in [1.29, 1.82) is 0 Å². The highest BCUT2D eigenvalue weighted by atomic mass is 127. The third-order valence-electron chi connectivity index (χ3n) is 2.81. The Morgan fingerprint density at radius 2 is 2.35 bits per heavy atom. The SMILES string of the molecule is Ic1cncnc1N(Cc1ccco1)C1CC1. The minimum absolute atomic E-state index is 0.600. The van der Waals surface area contributed by atoms with Gasteiger partial charge in [0, 0.05) is 12.2 Å². The fourth-order valence-electron chi connectivity index (χ4n) is 1.85. The van der Waals surface area contributed by atoms with Gasteiger partial charge in [-0.3, -0.25) is 0 Å². The van der Waals surface area contributed by atoms with Crippen LogP contribution in [0.2, 0.25) is 0 Å². The summed E-state index contributed by atoms with van der Waals surface area (Å²) < 4.78 is 6.50. The minimum Gasteiger partial charge on any atom is -0.467 e. The molecule has 88 valence electrons. The molecule has 0 amide bonds. The summed E-state index contributed by atoms with van der Waals surface area (Å²) in [4.78, 5) is 10.7. The van der Waals surface area contributed by atoms with Crippen molar-refractivity contribution in [1.82, 2.24) is 9.97 Å². The second kappa shape index (κ2) is 4.64. The smallest absolute Gasteiger partial charge is 0.146 e. The van der Waals surface area contributed by atoms with Crippen molar-refractivity contribution < 1.29 is 4.42 Å². The largest absolute Gasteiger partial charge is 0.467 e. The fourth-order valence-corrected chi connectivity index (χ4v) is 2.46. The van der Waals surface area contributed by atoms with Crippen LogP contribution in [0.5, 0.6) is 0 Å². The second-order valence-corrected chi connectivity index (χ2v) is 5.29. The van der Waals surface area contributed by atoms with Gasteiger partial charge in [-0.1, -0.05) is 0 Å². The van der Waals surface area contributed by atoms with Crippen LogP contribution in [0.25, 0.3) is 0 Å². The average Bonchev–Trinajstić information content (AvgIpc) is 3.05. The van der Waals surface area contributed by atoms with Crippen molar-refractivity contribution in [2.45, 2.75) is 25.4 Å². The summed E-state index contributed by atoms with van der Waals surface area (Å²) in [6.07, 6.45) is 7.64. The summed E-state index contributed by atoms with van der Waals surface area (Å²) in [5, 5.41) is 0. The van der Waals surface area contributed by atoms with E-state index in [0.717, 1.165) is 21.7 Å². The van der Waals surface area contributed by atoms with Crippen molar-refractivity contribution in [3.05, 3.63) is 40.3 Å². The van der Waals surface area contributed by atoms with E-state index in [1.165, 1.54) is 12.8 Å². The molecule has 0 spiro atoms. The normalized spacial score (nSPS) is 14.9. The Balaban J connectivity index is 1.88. The van der Waals surface area contributed by atoms with Crippen LogP contribution >= 0.6 is 22.6 Å². The lowest BCUT2D eigenvalue weighted by molar-refractivity contribution is 0.500. The zero-order chi connectivity index (χ0) is 11.7. The number of halogens is 1. The van der Waals surface area contributed by atoms with Gasteiger partial charge >= 0.3 is 0 Å². The molecule has 1 aliphatic rings. The summed E-state index contributed by atoms with van der Waals surface area (Å²) in [6.45, 7) is 0.782. The molecule has 0 saturated heterocycles. The van der Waals surface area contributed by atoms with Crippen LogP contribution in [-0.2, 0) is 6.54 Å². The molecule has 0 atom stereocenters. The molecule has 4 nitrogen and oxygen atoms in total. The summed E-state index contributed by atoms with van der Waals surface area (Å²) in [5.41, 5.74) is 0. The van der Waals surface area contributed by atoms with Crippen molar-refractivity contribution in [3.8, 4) is 0 Å². The zero-order valence-corrected chi connectivity index (χ0v) is 11.4. The first-order chi connectivity index (χ1) is 8.34. The van der Waals surface area contributed by atoms with E-state index < -0.39 is 0 Å². The Hall–Kier alpha value is -1.11. The van der Waals surface area contributed by atoms with Gasteiger partial charge in [0.2, 0.25) is 0 Å². The predicted molar refractivity (Wildman–Crippen MR) is 72.7 cm³/mol. The molecule has 2 aromatic heterocycles. The first-order valence-electron chi connectivity index (χ1n) is 5.59. The monoisotopic (exact) mass is 341 g/mol. The maximum Gasteiger partial charge on any atom is 0.146 e. The van der Waals surface area contributed by atoms with Crippen LogP contribution in [0.4, 0.5) is 5.82 Å². The van der Waals surface area contributed by atoms with Crippen molar-refractivity contribution >= 4 is 28.4 Å². The molecular formula is C12H12IN3O. The molecule has 2 aromatic rings. The third-order valence-corrected chi connectivity index (χ3v) is 3.58. The Labute approximate surface area is 113 Å². The van der Waals surface area contributed by atoms with Crippen LogP contribution < -0.4 is 4.90 Å². The molecule has 1 saturated carbocycles. The van der Waals surface area contributed by atoms with Gasteiger partial charge < -0.3 is 9.32 Å². The molecule has 0 aromatic carbocycles. The maximum absolute atomic E-state index is 5.42. The minimum atomic E-state index is 0.600. The van der Waals surface area contributed by atoms with E-state index in [1.54, 1.807) is 12.6 Å². The number of hydrogen-bond acceptors (Lipinski definition) is 4. The molecule has 0 N–H and O–H groups in total. The average molecular weight is 341 g/mol. The van der Waals surface area contributed by atoms with E-state index in [0.29, 0.717) is 6.04 Å². The van der Waals surface area contributed by atoms with Gasteiger partial charge in [-0.25, -0.2) is 9.97 Å². The molecule has 0 bridgehead atoms. The molecule has 1 fully saturated rings. The van der Waals surface area contributed by atoms with Gasteiger partial charge in [-0.05, 0) is 47.6 Å². The zero-order valence-electron chi connectivity index (χ0n) is 9.21. The van der Waals surface area contributed by atoms with Crippen LogP contribution in [0.15, 0.2) is 35.3 Å². The first-order valence-corrected chi connectivity index (χ1v) is 6.67. The standard InChI is InChI=1S/C12H12IN3O/c13-11-6-14-8-15-12(11)16(9-3-4-9)7-10-2-1-5-17-10/h1-2,5-6,8-9H,3-4,7H2. The fraction of sp³-hybridized carbons (Fsp3) is 0.333. The lowest BCUT2D eigenvalue weighted by Crippen LogP contribution is -2.26. The number of hydrogen-bond donors (Lipinski definition) is 0. The lowest BCUT2D eigenvalue weighted by atomic mass is 10.3. The van der Waals surface area contributed by atoms with Crippen LogP contribution in [0.1, 0.15) is 18.6 Å². The molecule has 0 radical (unpaired) electrons. The highest BCUT2D eigenvalue weighted by molar-refractivity contribution is 14.1. The lowest BCUT2D eigenvalue weighted by Gasteiger charge is -2.23. The summed E-state index contributed by atoms with van der Waals surface area (Å²) in [5.74, 6) is 1.99. The predicted octanol–water partition coefficient (Wildman–Crippen LogP) is 2.84. The van der Waals surface area contributed by atoms with Crippen LogP contribution in [0.3, 0.4) is 0 Å². The number of furan rings is 1. The molecule has 1 aliphatic carbocycles. The van der Waals surface area contributed by atoms with Gasteiger partial charge in [0.05, 0.1) is 16.4 Å².